The number of thioether (sulfide) groups is 1. The maximum absolute atomic E-state index is 5.82. The quantitative estimate of drug-likeness (QED) is 0.691. The molecule has 1 aromatic carbocycles. The van der Waals surface area contributed by atoms with E-state index >= 15 is 0 Å². The molecule has 0 saturated heterocycles. The summed E-state index contributed by atoms with van der Waals surface area (Å²) in [6.07, 6.45) is 5.94. The van der Waals surface area contributed by atoms with Crippen LogP contribution in [0.4, 0.5) is 5.69 Å². The van der Waals surface area contributed by atoms with Crippen molar-refractivity contribution >= 4 is 51.3 Å². The number of thiazole rings is 1. The summed E-state index contributed by atoms with van der Waals surface area (Å²) in [5, 5.41) is 4.65. The smallest absolute Gasteiger partial charge is 0.183 e. The van der Waals surface area contributed by atoms with Gasteiger partial charge in [-0.15, -0.1) is 23.1 Å². The number of nitrogens with zero attached hydrogens (tertiary/aromatic N) is 1. The molecule has 98 valence electrons. The van der Waals surface area contributed by atoms with E-state index < -0.39 is 0 Å². The lowest BCUT2D eigenvalue weighted by Crippen LogP contribution is -1.96. The first-order valence-electron chi connectivity index (χ1n) is 5.75. The van der Waals surface area contributed by atoms with Crippen molar-refractivity contribution in [3.63, 3.8) is 0 Å². The first-order chi connectivity index (χ1) is 9.26. The van der Waals surface area contributed by atoms with Gasteiger partial charge in [0.1, 0.15) is 0 Å². The lowest BCUT2D eigenvalue weighted by Gasteiger charge is -2.05. The molecule has 0 amide bonds. The number of rotatable bonds is 4. The molecule has 0 bridgehead atoms. The Morgan fingerprint density at radius 3 is 3.11 bits per heavy atom. The molecular formula is C13H12ClN3S2. The van der Waals surface area contributed by atoms with Crippen LogP contribution in [0.3, 0.4) is 0 Å². The van der Waals surface area contributed by atoms with Crippen LogP contribution >= 0.6 is 34.7 Å². The average Bonchev–Trinajstić information content (AvgIpc) is 3.01. The first-order valence-corrected chi connectivity index (χ1v) is 8.17. The minimum absolute atomic E-state index is 0.586. The van der Waals surface area contributed by atoms with Gasteiger partial charge in [-0.05, 0) is 24.5 Å². The van der Waals surface area contributed by atoms with Gasteiger partial charge in [0, 0.05) is 38.8 Å². The molecule has 0 fully saturated rings. The maximum Gasteiger partial charge on any atom is 0.183 e. The summed E-state index contributed by atoms with van der Waals surface area (Å²) in [6.45, 7) is 0.745. The van der Waals surface area contributed by atoms with Gasteiger partial charge >= 0.3 is 0 Å². The van der Waals surface area contributed by atoms with Crippen molar-refractivity contribution < 1.29 is 0 Å². The molecule has 19 heavy (non-hydrogen) atoms. The average molecular weight is 310 g/mol. The van der Waals surface area contributed by atoms with Gasteiger partial charge < -0.3 is 10.3 Å². The SMILES string of the molecule is CSc1c[nH]c2ccc(NCc3cnc(Cl)s3)cc12. The zero-order chi connectivity index (χ0) is 13.2. The van der Waals surface area contributed by atoms with Gasteiger partial charge in [0.25, 0.3) is 0 Å². The highest BCUT2D eigenvalue weighted by Gasteiger charge is 2.04. The fraction of sp³-hybridized carbons (Fsp3) is 0.154. The second-order valence-corrected chi connectivity index (χ2v) is 6.60. The predicted molar refractivity (Wildman–Crippen MR) is 84.5 cm³/mol. The largest absolute Gasteiger partial charge is 0.380 e. The van der Waals surface area contributed by atoms with Gasteiger partial charge in [-0.3, -0.25) is 0 Å². The van der Waals surface area contributed by atoms with Crippen LogP contribution < -0.4 is 5.32 Å². The van der Waals surface area contributed by atoms with Crippen LogP contribution in [0.15, 0.2) is 35.5 Å². The monoisotopic (exact) mass is 309 g/mol. The van der Waals surface area contributed by atoms with Gasteiger partial charge in [-0.25, -0.2) is 4.98 Å². The van der Waals surface area contributed by atoms with Gasteiger partial charge in [-0.1, -0.05) is 11.6 Å². The van der Waals surface area contributed by atoms with Crippen molar-refractivity contribution in [2.45, 2.75) is 11.4 Å². The molecule has 2 N–H and O–H groups in total. The number of benzene rings is 1. The van der Waals surface area contributed by atoms with Crippen molar-refractivity contribution in [3.8, 4) is 0 Å². The van der Waals surface area contributed by atoms with Crippen LogP contribution in [0.25, 0.3) is 10.9 Å². The van der Waals surface area contributed by atoms with Crippen LogP contribution in [0.2, 0.25) is 4.47 Å². The molecule has 0 aliphatic heterocycles. The molecule has 3 nitrogen and oxygen atoms in total. The van der Waals surface area contributed by atoms with Crippen LogP contribution in [0, 0.1) is 0 Å². The molecule has 6 heteroatoms. The number of anilines is 1. The minimum atomic E-state index is 0.586. The van der Waals surface area contributed by atoms with Crippen molar-refractivity contribution in [1.82, 2.24) is 9.97 Å². The third-order valence-corrected chi connectivity index (χ3v) is 4.75. The van der Waals surface area contributed by atoms with Gasteiger partial charge in [0.05, 0.1) is 6.54 Å². The summed E-state index contributed by atoms with van der Waals surface area (Å²) in [6, 6.07) is 6.34. The molecule has 2 aromatic heterocycles. The van der Waals surface area contributed by atoms with E-state index in [2.05, 4.69) is 39.7 Å². The zero-order valence-corrected chi connectivity index (χ0v) is 12.6. The van der Waals surface area contributed by atoms with E-state index in [-0.39, 0.29) is 0 Å². The number of hydrogen-bond acceptors (Lipinski definition) is 4. The Balaban J connectivity index is 1.80. The Morgan fingerprint density at radius 2 is 2.37 bits per heavy atom. The summed E-state index contributed by atoms with van der Waals surface area (Å²) in [5.74, 6) is 0. The van der Waals surface area contributed by atoms with E-state index in [1.807, 2.05) is 12.4 Å². The topological polar surface area (TPSA) is 40.7 Å². The van der Waals surface area contributed by atoms with E-state index in [0.717, 1.165) is 22.6 Å². The lowest BCUT2D eigenvalue weighted by atomic mass is 10.2. The second-order valence-electron chi connectivity index (χ2n) is 4.05. The minimum Gasteiger partial charge on any atom is -0.380 e. The highest BCUT2D eigenvalue weighted by Crippen LogP contribution is 2.28. The standard InChI is InChI=1S/C13H12ClN3S2/c1-18-12-7-16-11-3-2-8(4-10(11)12)15-5-9-6-17-13(14)19-9/h2-4,6-7,15-16H,5H2,1H3. The van der Waals surface area contributed by atoms with Gasteiger partial charge in [-0.2, -0.15) is 0 Å². The molecule has 0 saturated carbocycles. The number of H-pyrrole nitrogens is 1. The Hall–Kier alpha value is -1.17. The first kappa shape index (κ1) is 12.8. The molecule has 3 aromatic rings. The van der Waals surface area contributed by atoms with Crippen molar-refractivity contribution in [3.05, 3.63) is 39.9 Å². The van der Waals surface area contributed by atoms with E-state index in [1.165, 1.54) is 21.6 Å². The Bertz CT molecular complexity index is 705. The third-order valence-electron chi connectivity index (χ3n) is 2.86. The number of halogens is 1. The van der Waals surface area contributed by atoms with Crippen LogP contribution in [-0.4, -0.2) is 16.2 Å². The van der Waals surface area contributed by atoms with E-state index in [0.29, 0.717) is 4.47 Å². The zero-order valence-electron chi connectivity index (χ0n) is 10.2. The fourth-order valence-electron chi connectivity index (χ4n) is 1.93. The van der Waals surface area contributed by atoms with Crippen LogP contribution in [-0.2, 0) is 6.54 Å². The van der Waals surface area contributed by atoms with E-state index in [9.17, 15) is 0 Å². The van der Waals surface area contributed by atoms with Crippen molar-refractivity contribution in [1.29, 1.82) is 0 Å². The van der Waals surface area contributed by atoms with E-state index in [1.54, 1.807) is 11.8 Å². The molecule has 0 aliphatic carbocycles. The summed E-state index contributed by atoms with van der Waals surface area (Å²) in [4.78, 5) is 9.70. The summed E-state index contributed by atoms with van der Waals surface area (Å²) in [5.41, 5.74) is 2.27. The molecule has 0 spiro atoms. The fourth-order valence-corrected chi connectivity index (χ4v) is 3.41. The van der Waals surface area contributed by atoms with Gasteiger partial charge in [0.15, 0.2) is 4.47 Å². The van der Waals surface area contributed by atoms with Gasteiger partial charge in [0.2, 0.25) is 0 Å². The van der Waals surface area contributed by atoms with E-state index in [4.69, 9.17) is 11.6 Å². The van der Waals surface area contributed by atoms with Crippen LogP contribution in [0.1, 0.15) is 4.88 Å². The molecule has 0 radical (unpaired) electrons. The number of nitrogens with one attached hydrogen (secondary N) is 2. The Labute approximate surface area is 124 Å². The summed E-state index contributed by atoms with van der Waals surface area (Å²) >= 11 is 9.07. The highest BCUT2D eigenvalue weighted by molar-refractivity contribution is 7.98. The molecule has 2 heterocycles. The molecule has 3 rings (SSSR count). The predicted octanol–water partition coefficient (Wildman–Crippen LogP) is 4.61. The molecular weight excluding hydrogens is 298 g/mol. The lowest BCUT2D eigenvalue weighted by molar-refractivity contribution is 1.18. The maximum atomic E-state index is 5.82. The number of aromatic amines is 1. The second kappa shape index (κ2) is 5.45. The van der Waals surface area contributed by atoms with Crippen molar-refractivity contribution in [2.75, 3.05) is 11.6 Å². The number of hydrogen-bond donors (Lipinski definition) is 2. The van der Waals surface area contributed by atoms with Crippen LogP contribution in [0.5, 0.6) is 0 Å². The third kappa shape index (κ3) is 2.73. The Morgan fingerprint density at radius 1 is 1.47 bits per heavy atom. The summed E-state index contributed by atoms with van der Waals surface area (Å²) < 4.78 is 0.586. The molecule has 0 aliphatic rings. The number of fused-ring (bicyclic) bond motifs is 1. The number of aromatic nitrogens is 2. The molecule has 0 atom stereocenters. The highest BCUT2D eigenvalue weighted by atomic mass is 35.5. The Kier molecular flexibility index (Phi) is 3.68. The van der Waals surface area contributed by atoms with Crippen molar-refractivity contribution in [2.24, 2.45) is 0 Å². The molecule has 0 unspecified atom stereocenters. The normalized spacial score (nSPS) is 11.1. The summed E-state index contributed by atoms with van der Waals surface area (Å²) in [7, 11) is 0.